The maximum Gasteiger partial charge on any atom is 0.231 e. The normalized spacial score (nSPS) is 14.7. The Labute approximate surface area is 104 Å². The van der Waals surface area contributed by atoms with Crippen LogP contribution in [0.3, 0.4) is 0 Å². The fraction of sp³-hybridized carbons (Fsp3) is 0.333. The molecule has 0 saturated heterocycles. The summed E-state index contributed by atoms with van der Waals surface area (Å²) in [6.07, 6.45) is 0. The first-order valence-electron chi connectivity index (χ1n) is 3.85. The molecule has 0 N–H and O–H groups in total. The third kappa shape index (κ3) is 2.03. The van der Waals surface area contributed by atoms with Crippen molar-refractivity contribution in [3.05, 3.63) is 23.8 Å². The molecule has 0 unspecified atom stereocenters. The van der Waals surface area contributed by atoms with Gasteiger partial charge in [-0.3, -0.25) is 0 Å². The molecule has 1 aromatic rings. The minimum atomic E-state index is 0.108. The Morgan fingerprint density at radius 1 is 1.23 bits per heavy atom. The minimum absolute atomic E-state index is 0.108. The van der Waals surface area contributed by atoms with Crippen molar-refractivity contribution in [2.45, 2.75) is 8.35 Å². The van der Waals surface area contributed by atoms with E-state index in [-0.39, 0.29) is 1.43 Å². The Bertz CT molecular complexity index is 331. The summed E-state index contributed by atoms with van der Waals surface area (Å²) in [6.45, 7) is 2.50. The first-order valence-corrected chi connectivity index (χ1v) is 6.01. The van der Waals surface area contributed by atoms with Gasteiger partial charge >= 0.3 is 0 Å². The molecule has 0 radical (unpaired) electrons. The lowest BCUT2D eigenvalue weighted by molar-refractivity contribution is 0.174. The van der Waals surface area contributed by atoms with Gasteiger partial charge in [-0.1, -0.05) is 51.2 Å². The van der Waals surface area contributed by atoms with Gasteiger partial charge in [-0.2, -0.15) is 0 Å². The van der Waals surface area contributed by atoms with Gasteiger partial charge in [0.05, 0.1) is 1.43 Å². The molecule has 4 heteroatoms. The van der Waals surface area contributed by atoms with E-state index in [1.165, 1.54) is 5.56 Å². The molecule has 0 saturated carbocycles. The van der Waals surface area contributed by atoms with Crippen molar-refractivity contribution in [1.29, 1.82) is 0 Å². The Kier molecular flexibility index (Phi) is 2.61. The van der Waals surface area contributed by atoms with E-state index in [2.05, 4.69) is 58.2 Å². The van der Waals surface area contributed by atoms with E-state index < -0.39 is 0 Å². The third-order valence-electron chi connectivity index (χ3n) is 1.88. The Hall–Kier alpha value is 0.280. The van der Waals surface area contributed by atoms with E-state index >= 15 is 0 Å². The smallest absolute Gasteiger partial charge is 0.231 e. The number of fused-ring (bicyclic) bond motifs is 1. The first-order chi connectivity index (χ1) is 6.07. The highest BCUT2D eigenvalue weighted by molar-refractivity contribution is 14.2. The van der Waals surface area contributed by atoms with Crippen LogP contribution in [0, 0.1) is 0 Å². The van der Waals surface area contributed by atoms with Crippen molar-refractivity contribution >= 4 is 45.2 Å². The van der Waals surface area contributed by atoms with Crippen molar-refractivity contribution in [2.24, 2.45) is 0 Å². The van der Waals surface area contributed by atoms with Gasteiger partial charge < -0.3 is 9.47 Å². The van der Waals surface area contributed by atoms with Crippen molar-refractivity contribution in [3.8, 4) is 11.5 Å². The highest BCUT2D eigenvalue weighted by Crippen LogP contribution is 2.43. The summed E-state index contributed by atoms with van der Waals surface area (Å²) >= 11 is 4.80. The quantitative estimate of drug-likeness (QED) is 0.530. The number of hydrogen-bond acceptors (Lipinski definition) is 2. The predicted octanol–water partition coefficient (Wildman–Crippen LogP) is 3.46. The molecular weight excluding hydrogens is 394 g/mol. The molecular formula is C9H8I2O2. The van der Waals surface area contributed by atoms with Gasteiger partial charge in [0.15, 0.2) is 11.5 Å². The zero-order valence-corrected chi connectivity index (χ0v) is 11.3. The van der Waals surface area contributed by atoms with Gasteiger partial charge in [-0.25, -0.2) is 0 Å². The number of alkyl halides is 2. The van der Waals surface area contributed by atoms with E-state index in [1.807, 2.05) is 12.1 Å². The molecule has 0 fully saturated rings. The van der Waals surface area contributed by atoms with Crippen LogP contribution in [0.2, 0.25) is 0 Å². The number of ether oxygens (including phenoxy) is 2. The summed E-state index contributed by atoms with van der Waals surface area (Å²) in [5, 5.41) is 0. The molecule has 0 bridgehead atoms. The van der Waals surface area contributed by atoms with Crippen LogP contribution in [0.1, 0.15) is 12.5 Å². The highest BCUT2D eigenvalue weighted by Gasteiger charge is 2.22. The van der Waals surface area contributed by atoms with Crippen LogP contribution < -0.4 is 9.47 Å². The summed E-state index contributed by atoms with van der Waals surface area (Å²) in [4.78, 5) is 0. The zero-order valence-electron chi connectivity index (χ0n) is 7.01. The van der Waals surface area contributed by atoms with Gasteiger partial charge in [0.2, 0.25) is 6.79 Å². The van der Waals surface area contributed by atoms with Crippen molar-refractivity contribution < 1.29 is 9.47 Å². The topological polar surface area (TPSA) is 18.5 Å². The number of benzene rings is 1. The van der Waals surface area contributed by atoms with Crippen molar-refractivity contribution in [3.63, 3.8) is 0 Å². The van der Waals surface area contributed by atoms with Crippen LogP contribution in [-0.4, -0.2) is 6.79 Å². The SMILES string of the molecule is CC(I)(I)c1ccc2c(c1)OCO2. The number of halogens is 2. The summed E-state index contributed by atoms with van der Waals surface area (Å²) in [5.41, 5.74) is 1.25. The van der Waals surface area contributed by atoms with E-state index in [9.17, 15) is 0 Å². The molecule has 1 heterocycles. The molecule has 70 valence electrons. The van der Waals surface area contributed by atoms with Crippen LogP contribution in [0.15, 0.2) is 18.2 Å². The fourth-order valence-corrected chi connectivity index (χ4v) is 1.84. The van der Waals surface area contributed by atoms with Crippen molar-refractivity contribution in [1.82, 2.24) is 0 Å². The summed E-state index contributed by atoms with van der Waals surface area (Å²) < 4.78 is 10.7. The molecule has 1 aromatic carbocycles. The molecule has 2 nitrogen and oxygen atoms in total. The van der Waals surface area contributed by atoms with Crippen LogP contribution >= 0.6 is 45.2 Å². The lowest BCUT2D eigenvalue weighted by Gasteiger charge is -2.14. The van der Waals surface area contributed by atoms with Crippen LogP contribution in [0.5, 0.6) is 11.5 Å². The minimum Gasteiger partial charge on any atom is -0.454 e. The lowest BCUT2D eigenvalue weighted by Crippen LogP contribution is -2.00. The summed E-state index contributed by atoms with van der Waals surface area (Å²) in [6, 6.07) is 6.08. The lowest BCUT2D eigenvalue weighted by atomic mass is 10.1. The van der Waals surface area contributed by atoms with Gasteiger partial charge in [0, 0.05) is 0 Å². The van der Waals surface area contributed by atoms with Crippen molar-refractivity contribution in [2.75, 3.05) is 6.79 Å². The monoisotopic (exact) mass is 402 g/mol. The van der Waals surface area contributed by atoms with E-state index in [1.54, 1.807) is 0 Å². The zero-order chi connectivity index (χ0) is 9.47. The third-order valence-corrected chi connectivity index (χ3v) is 3.13. The first kappa shape index (κ1) is 9.82. The number of rotatable bonds is 1. The molecule has 1 aliphatic rings. The van der Waals surface area contributed by atoms with E-state index in [0.717, 1.165) is 11.5 Å². The molecule has 2 rings (SSSR count). The highest BCUT2D eigenvalue weighted by atomic mass is 127. The molecule has 1 aliphatic heterocycles. The number of hydrogen-bond donors (Lipinski definition) is 0. The molecule has 0 amide bonds. The van der Waals surface area contributed by atoms with Crippen LogP contribution in [-0.2, 0) is 1.43 Å². The van der Waals surface area contributed by atoms with Gasteiger partial charge in [-0.15, -0.1) is 0 Å². The van der Waals surface area contributed by atoms with Crippen LogP contribution in [0.4, 0.5) is 0 Å². The second-order valence-electron chi connectivity index (χ2n) is 2.96. The maximum atomic E-state index is 5.31. The average molecular weight is 402 g/mol. The average Bonchev–Trinajstić information content (AvgIpc) is 2.47. The van der Waals surface area contributed by atoms with Crippen LogP contribution in [0.25, 0.3) is 0 Å². The van der Waals surface area contributed by atoms with E-state index in [0.29, 0.717) is 6.79 Å². The molecule has 0 aliphatic carbocycles. The largest absolute Gasteiger partial charge is 0.454 e. The predicted molar refractivity (Wildman–Crippen MR) is 68.0 cm³/mol. The Balaban J connectivity index is 2.42. The standard InChI is InChI=1S/C9H8I2O2/c1-9(10,11)6-2-3-7-8(4-6)13-5-12-7/h2-4H,5H2,1H3. The van der Waals surface area contributed by atoms with Gasteiger partial charge in [-0.05, 0) is 24.6 Å². The second-order valence-corrected chi connectivity index (χ2v) is 9.34. The second kappa shape index (κ2) is 3.45. The molecule has 0 aromatic heterocycles. The van der Waals surface area contributed by atoms with E-state index in [4.69, 9.17) is 9.47 Å². The Morgan fingerprint density at radius 2 is 1.92 bits per heavy atom. The van der Waals surface area contributed by atoms with Gasteiger partial charge in [0.1, 0.15) is 0 Å². The molecule has 13 heavy (non-hydrogen) atoms. The summed E-state index contributed by atoms with van der Waals surface area (Å²) in [7, 11) is 0. The Morgan fingerprint density at radius 3 is 2.62 bits per heavy atom. The molecule has 0 spiro atoms. The molecule has 0 atom stereocenters. The fourth-order valence-electron chi connectivity index (χ4n) is 1.17. The summed E-state index contributed by atoms with van der Waals surface area (Å²) in [5.74, 6) is 1.71. The maximum absolute atomic E-state index is 5.31. The van der Waals surface area contributed by atoms with Gasteiger partial charge in [0.25, 0.3) is 0 Å².